The Kier molecular flexibility index (Phi) is 10.6. The van der Waals surface area contributed by atoms with Gasteiger partial charge in [0, 0.05) is 6.42 Å². The second-order valence-electron chi connectivity index (χ2n) is 3.01. The van der Waals surface area contributed by atoms with E-state index in [1.54, 1.807) is 0 Å². The third kappa shape index (κ3) is 10.7. The molecule has 0 aliphatic heterocycles. The Balaban J connectivity index is 3.31. The van der Waals surface area contributed by atoms with Crippen LogP contribution in [0, 0.1) is 11.3 Å². The summed E-state index contributed by atoms with van der Waals surface area (Å²) in [6.07, 6.45) is 17.5. The largest absolute Gasteiger partial charge is 0.198 e. The molecule has 0 aliphatic rings. The maximum Gasteiger partial charge on any atom is 0.0625 e. The molecular weight excluding hydrogens is 170 g/mol. The maximum atomic E-state index is 8.28. The zero-order valence-electron chi connectivity index (χ0n) is 8.95. The standard InChI is InChI=1S/C13H19N/c1-2-3-4-5-6-7-8-9-10-11-12-13-14/h3-4,7-10H,2,5-6,11-12H2,1H3/b4-3+,8-7+,10-9+. The van der Waals surface area contributed by atoms with E-state index in [1.165, 1.54) is 0 Å². The third-order valence-corrected chi connectivity index (χ3v) is 1.71. The van der Waals surface area contributed by atoms with E-state index < -0.39 is 0 Å². The van der Waals surface area contributed by atoms with Crippen LogP contribution >= 0.6 is 0 Å². The van der Waals surface area contributed by atoms with Crippen LogP contribution in [0.1, 0.15) is 39.0 Å². The van der Waals surface area contributed by atoms with Crippen LogP contribution in [0.3, 0.4) is 0 Å². The fourth-order valence-electron chi connectivity index (χ4n) is 0.974. The van der Waals surface area contributed by atoms with Gasteiger partial charge in [0.2, 0.25) is 0 Å². The van der Waals surface area contributed by atoms with E-state index >= 15 is 0 Å². The predicted molar refractivity (Wildman–Crippen MR) is 61.8 cm³/mol. The van der Waals surface area contributed by atoms with Crippen LogP contribution < -0.4 is 0 Å². The number of nitrogens with zero attached hydrogens (tertiary/aromatic N) is 1. The average molecular weight is 189 g/mol. The summed E-state index contributed by atoms with van der Waals surface area (Å²) in [5.74, 6) is 0. The van der Waals surface area contributed by atoms with Crippen molar-refractivity contribution >= 4 is 0 Å². The Morgan fingerprint density at radius 2 is 1.57 bits per heavy atom. The highest BCUT2D eigenvalue weighted by molar-refractivity contribution is 5.03. The van der Waals surface area contributed by atoms with Crippen molar-refractivity contribution in [3.05, 3.63) is 36.5 Å². The second kappa shape index (κ2) is 11.7. The molecule has 0 N–H and O–H groups in total. The minimum Gasteiger partial charge on any atom is -0.198 e. The smallest absolute Gasteiger partial charge is 0.0625 e. The SMILES string of the molecule is CC/C=C/CC/C=C/C=C/CCC#N. The van der Waals surface area contributed by atoms with Crippen molar-refractivity contribution in [3.63, 3.8) is 0 Å². The van der Waals surface area contributed by atoms with Crippen LogP contribution in [0.5, 0.6) is 0 Å². The fraction of sp³-hybridized carbons (Fsp3) is 0.462. The van der Waals surface area contributed by atoms with E-state index in [4.69, 9.17) is 5.26 Å². The van der Waals surface area contributed by atoms with Crippen LogP contribution in [0.2, 0.25) is 0 Å². The molecule has 0 spiro atoms. The van der Waals surface area contributed by atoms with Crippen molar-refractivity contribution in [1.29, 1.82) is 5.26 Å². The van der Waals surface area contributed by atoms with Gasteiger partial charge >= 0.3 is 0 Å². The van der Waals surface area contributed by atoms with Crippen LogP contribution in [-0.4, -0.2) is 0 Å². The molecule has 0 atom stereocenters. The van der Waals surface area contributed by atoms with Gasteiger partial charge in [0.1, 0.15) is 0 Å². The number of unbranched alkanes of at least 4 members (excludes halogenated alkanes) is 2. The molecule has 0 heterocycles. The first-order chi connectivity index (χ1) is 6.91. The van der Waals surface area contributed by atoms with Gasteiger partial charge < -0.3 is 0 Å². The van der Waals surface area contributed by atoms with Crippen LogP contribution in [0.15, 0.2) is 36.5 Å². The molecule has 76 valence electrons. The molecule has 1 heteroatoms. The minimum absolute atomic E-state index is 0.615. The monoisotopic (exact) mass is 189 g/mol. The van der Waals surface area contributed by atoms with Crippen molar-refractivity contribution in [2.24, 2.45) is 0 Å². The van der Waals surface area contributed by atoms with Crippen LogP contribution in [-0.2, 0) is 0 Å². The number of allylic oxidation sites excluding steroid dienone is 6. The Hall–Kier alpha value is -1.29. The molecule has 0 aliphatic carbocycles. The summed E-state index contributed by atoms with van der Waals surface area (Å²) in [7, 11) is 0. The van der Waals surface area contributed by atoms with Crippen LogP contribution in [0.25, 0.3) is 0 Å². The number of hydrogen-bond acceptors (Lipinski definition) is 1. The van der Waals surface area contributed by atoms with E-state index in [-0.39, 0.29) is 0 Å². The summed E-state index contributed by atoms with van der Waals surface area (Å²) in [6.45, 7) is 2.14. The van der Waals surface area contributed by atoms with E-state index in [9.17, 15) is 0 Å². The van der Waals surface area contributed by atoms with Gasteiger partial charge in [-0.25, -0.2) is 0 Å². The summed E-state index contributed by atoms with van der Waals surface area (Å²) in [6, 6.07) is 2.11. The van der Waals surface area contributed by atoms with Gasteiger partial charge in [-0.2, -0.15) is 5.26 Å². The van der Waals surface area contributed by atoms with Crippen molar-refractivity contribution in [3.8, 4) is 6.07 Å². The van der Waals surface area contributed by atoms with E-state index in [0.717, 1.165) is 25.7 Å². The highest BCUT2D eigenvalue weighted by Crippen LogP contribution is 1.95. The Bertz CT molecular complexity index is 228. The topological polar surface area (TPSA) is 23.8 Å². The second-order valence-corrected chi connectivity index (χ2v) is 3.01. The predicted octanol–water partition coefficient (Wildman–Crippen LogP) is 4.15. The lowest BCUT2D eigenvalue weighted by atomic mass is 10.2. The van der Waals surface area contributed by atoms with E-state index in [1.807, 2.05) is 12.2 Å². The normalized spacial score (nSPS) is 11.7. The Morgan fingerprint density at radius 3 is 2.21 bits per heavy atom. The molecule has 14 heavy (non-hydrogen) atoms. The number of rotatable bonds is 7. The fourth-order valence-corrected chi connectivity index (χ4v) is 0.974. The Labute approximate surface area is 87.4 Å². The summed E-state index contributed by atoms with van der Waals surface area (Å²) in [5, 5.41) is 8.28. The molecule has 0 rings (SSSR count). The van der Waals surface area contributed by atoms with Crippen molar-refractivity contribution < 1.29 is 0 Å². The van der Waals surface area contributed by atoms with Crippen molar-refractivity contribution in [1.82, 2.24) is 0 Å². The summed E-state index contributed by atoms with van der Waals surface area (Å²) in [5.41, 5.74) is 0. The minimum atomic E-state index is 0.615. The lowest BCUT2D eigenvalue weighted by Crippen LogP contribution is -1.65. The molecule has 0 unspecified atom stereocenters. The summed E-state index contributed by atoms with van der Waals surface area (Å²) >= 11 is 0. The highest BCUT2D eigenvalue weighted by Gasteiger charge is 1.76. The average Bonchev–Trinajstić information content (AvgIpc) is 2.21. The van der Waals surface area contributed by atoms with Gasteiger partial charge in [0.05, 0.1) is 6.07 Å². The zero-order chi connectivity index (χ0) is 10.5. The molecule has 0 amide bonds. The summed E-state index contributed by atoms with van der Waals surface area (Å²) in [4.78, 5) is 0. The van der Waals surface area contributed by atoms with Crippen molar-refractivity contribution in [2.45, 2.75) is 39.0 Å². The molecule has 0 fully saturated rings. The lowest BCUT2D eigenvalue weighted by molar-refractivity contribution is 1.03. The quantitative estimate of drug-likeness (QED) is 0.335. The first-order valence-electron chi connectivity index (χ1n) is 5.25. The number of nitriles is 1. The van der Waals surface area contributed by atoms with Gasteiger partial charge in [0.15, 0.2) is 0 Å². The van der Waals surface area contributed by atoms with Gasteiger partial charge in [-0.05, 0) is 25.7 Å². The number of hydrogen-bond donors (Lipinski definition) is 0. The maximum absolute atomic E-state index is 8.28. The molecule has 0 aromatic heterocycles. The molecule has 0 radical (unpaired) electrons. The van der Waals surface area contributed by atoms with E-state index in [2.05, 4.69) is 37.3 Å². The first-order valence-corrected chi connectivity index (χ1v) is 5.25. The molecular formula is C13H19N. The van der Waals surface area contributed by atoms with E-state index in [0.29, 0.717) is 6.42 Å². The molecule has 0 aromatic carbocycles. The van der Waals surface area contributed by atoms with Gasteiger partial charge in [-0.15, -0.1) is 0 Å². The van der Waals surface area contributed by atoms with Crippen molar-refractivity contribution in [2.75, 3.05) is 0 Å². The van der Waals surface area contributed by atoms with Crippen LogP contribution in [0.4, 0.5) is 0 Å². The summed E-state index contributed by atoms with van der Waals surface area (Å²) < 4.78 is 0. The van der Waals surface area contributed by atoms with Gasteiger partial charge in [0.25, 0.3) is 0 Å². The first kappa shape index (κ1) is 12.7. The molecule has 0 saturated heterocycles. The molecule has 1 nitrogen and oxygen atoms in total. The lowest BCUT2D eigenvalue weighted by Gasteiger charge is -1.85. The van der Waals surface area contributed by atoms with Gasteiger partial charge in [-0.3, -0.25) is 0 Å². The Morgan fingerprint density at radius 1 is 0.929 bits per heavy atom. The third-order valence-electron chi connectivity index (χ3n) is 1.71. The highest BCUT2D eigenvalue weighted by atomic mass is 14.2. The molecule has 0 aromatic rings. The molecule has 0 saturated carbocycles. The molecule has 0 bridgehead atoms. The zero-order valence-corrected chi connectivity index (χ0v) is 8.95. The van der Waals surface area contributed by atoms with Gasteiger partial charge in [-0.1, -0.05) is 43.4 Å².